The van der Waals surface area contributed by atoms with Crippen molar-refractivity contribution in [3.63, 3.8) is 0 Å². The molecule has 0 heterocycles. The van der Waals surface area contributed by atoms with Crippen LogP contribution in [0.1, 0.15) is 13.8 Å². The summed E-state index contributed by atoms with van der Waals surface area (Å²) in [5, 5.41) is 21.8. The lowest BCUT2D eigenvalue weighted by atomic mass is 10.4. The molecule has 0 aliphatic heterocycles. The average Bonchev–Trinajstić information content (AvgIpc) is 1.98. The summed E-state index contributed by atoms with van der Waals surface area (Å²) in [6.45, 7) is 3.10. The Labute approximate surface area is 63.6 Å². The van der Waals surface area contributed by atoms with E-state index in [4.69, 9.17) is 5.11 Å². The third kappa shape index (κ3) is 3.39. The molecule has 11 heavy (non-hydrogen) atoms. The monoisotopic (exact) mass is 162 g/mol. The van der Waals surface area contributed by atoms with Gasteiger partial charge in [-0.2, -0.15) is 0 Å². The first-order valence-electron chi connectivity index (χ1n) is 3.11. The predicted molar refractivity (Wildman–Crippen MR) is 34.8 cm³/mol. The Kier molecular flexibility index (Phi) is 3.94. The largest absolute Gasteiger partial charge is 0.597 e. The Hall–Kier alpha value is -1.33. The summed E-state index contributed by atoms with van der Waals surface area (Å²) in [4.78, 5) is 14.5. The fourth-order valence-corrected chi connectivity index (χ4v) is 0.280. The number of rotatable bonds is 4. The SMILES string of the molecule is CCO/N=[N+](\[O-])C(C)C(=O)O. The van der Waals surface area contributed by atoms with Crippen LogP contribution < -0.4 is 0 Å². The first kappa shape index (κ1) is 9.67. The molecule has 0 aromatic carbocycles. The van der Waals surface area contributed by atoms with Crippen LogP contribution in [-0.4, -0.2) is 28.6 Å². The standard InChI is InChI=1S/C5H10N2O4/c1-3-11-6-7(10)4(2)5(8)9/h4H,3H2,1-2H3,(H,8,9)/b7-6-. The van der Waals surface area contributed by atoms with Crippen molar-refractivity contribution in [1.29, 1.82) is 0 Å². The highest BCUT2D eigenvalue weighted by Crippen LogP contribution is 1.90. The molecule has 0 spiro atoms. The van der Waals surface area contributed by atoms with E-state index in [-0.39, 0.29) is 11.5 Å². The van der Waals surface area contributed by atoms with Crippen LogP contribution in [0, 0.1) is 5.21 Å². The molecular weight excluding hydrogens is 152 g/mol. The molecule has 0 aromatic rings. The Morgan fingerprint density at radius 1 is 1.91 bits per heavy atom. The van der Waals surface area contributed by atoms with Gasteiger partial charge in [-0.15, -0.1) is 0 Å². The summed E-state index contributed by atoms with van der Waals surface area (Å²) < 4.78 is 0. The first-order valence-corrected chi connectivity index (χ1v) is 3.11. The minimum absolute atomic E-state index is 0.00579. The van der Waals surface area contributed by atoms with E-state index < -0.39 is 12.0 Å². The van der Waals surface area contributed by atoms with Crippen molar-refractivity contribution < 1.29 is 19.6 Å². The summed E-state index contributed by atoms with van der Waals surface area (Å²) in [6.07, 6.45) is 0. The first-order chi connectivity index (χ1) is 5.09. The molecule has 0 saturated heterocycles. The second-order valence-electron chi connectivity index (χ2n) is 1.82. The van der Waals surface area contributed by atoms with E-state index in [1.165, 1.54) is 6.92 Å². The second-order valence-corrected chi connectivity index (χ2v) is 1.82. The van der Waals surface area contributed by atoms with Gasteiger partial charge >= 0.3 is 5.97 Å². The van der Waals surface area contributed by atoms with E-state index in [1.54, 1.807) is 6.92 Å². The van der Waals surface area contributed by atoms with Gasteiger partial charge in [0.25, 0.3) is 6.04 Å². The number of nitrogens with zero attached hydrogens (tertiary/aromatic N) is 2. The van der Waals surface area contributed by atoms with Crippen LogP contribution in [0.3, 0.4) is 0 Å². The van der Waals surface area contributed by atoms with Crippen molar-refractivity contribution >= 4 is 5.97 Å². The number of carboxylic acid groups (broad SMARTS) is 1. The third-order valence-electron chi connectivity index (χ3n) is 0.956. The molecule has 0 amide bonds. The van der Waals surface area contributed by atoms with Crippen LogP contribution in [0.4, 0.5) is 0 Å². The summed E-state index contributed by atoms with van der Waals surface area (Å²) >= 11 is 0. The topological polar surface area (TPSA) is 85.0 Å². The molecule has 1 unspecified atom stereocenters. The number of aliphatic carboxylic acids is 1. The van der Waals surface area contributed by atoms with E-state index in [9.17, 15) is 10.0 Å². The smallest absolute Gasteiger partial charge is 0.376 e. The Morgan fingerprint density at radius 3 is 2.82 bits per heavy atom. The van der Waals surface area contributed by atoms with Crippen molar-refractivity contribution in [2.24, 2.45) is 5.28 Å². The Balaban J connectivity index is 4.00. The minimum Gasteiger partial charge on any atom is -0.597 e. The summed E-state index contributed by atoms with van der Waals surface area (Å²) in [6, 6.07) is -1.21. The summed E-state index contributed by atoms with van der Waals surface area (Å²) in [5.74, 6) is -1.23. The molecule has 0 aliphatic carbocycles. The maximum Gasteiger partial charge on any atom is 0.376 e. The zero-order valence-corrected chi connectivity index (χ0v) is 6.35. The van der Waals surface area contributed by atoms with Crippen LogP contribution in [0.15, 0.2) is 5.28 Å². The summed E-state index contributed by atoms with van der Waals surface area (Å²) in [5.41, 5.74) is 0. The number of hydroxylamine groups is 1. The molecule has 1 atom stereocenters. The molecule has 0 aliphatic rings. The van der Waals surface area contributed by atoms with Gasteiger partial charge in [-0.05, 0) is 11.8 Å². The van der Waals surface area contributed by atoms with Gasteiger partial charge in [0.1, 0.15) is 6.61 Å². The van der Waals surface area contributed by atoms with Gasteiger partial charge in [0, 0.05) is 6.92 Å². The molecular formula is C5H10N2O4. The highest BCUT2D eigenvalue weighted by Gasteiger charge is 2.20. The number of carboxylic acids is 1. The third-order valence-corrected chi connectivity index (χ3v) is 0.956. The van der Waals surface area contributed by atoms with Crippen LogP contribution in [0.25, 0.3) is 0 Å². The number of hydrogen-bond donors (Lipinski definition) is 1. The Morgan fingerprint density at radius 2 is 2.45 bits per heavy atom. The molecule has 0 aromatic heterocycles. The van der Waals surface area contributed by atoms with Crippen LogP contribution in [0.2, 0.25) is 0 Å². The van der Waals surface area contributed by atoms with Gasteiger partial charge in [0.2, 0.25) is 5.28 Å². The molecule has 0 radical (unpaired) electrons. The number of carbonyl (C=O) groups is 1. The fourth-order valence-electron chi connectivity index (χ4n) is 0.280. The van der Waals surface area contributed by atoms with Crippen LogP contribution in [-0.2, 0) is 9.63 Å². The van der Waals surface area contributed by atoms with Gasteiger partial charge in [-0.25, -0.2) is 4.79 Å². The normalized spacial score (nSPS) is 14.2. The maximum absolute atomic E-state index is 10.6. The highest BCUT2D eigenvalue weighted by molar-refractivity contribution is 5.71. The van der Waals surface area contributed by atoms with Gasteiger partial charge in [-0.1, -0.05) is 0 Å². The molecule has 1 N–H and O–H groups in total. The van der Waals surface area contributed by atoms with Crippen molar-refractivity contribution in [2.75, 3.05) is 6.61 Å². The van der Waals surface area contributed by atoms with Gasteiger partial charge < -0.3 is 15.2 Å². The van der Waals surface area contributed by atoms with E-state index >= 15 is 0 Å². The van der Waals surface area contributed by atoms with E-state index in [2.05, 4.69) is 10.1 Å². The van der Waals surface area contributed by atoms with Crippen molar-refractivity contribution in [3.05, 3.63) is 5.21 Å². The Bertz CT molecular complexity index is 168. The van der Waals surface area contributed by atoms with E-state index in [0.717, 1.165) is 0 Å². The van der Waals surface area contributed by atoms with E-state index in [1.807, 2.05) is 0 Å². The average molecular weight is 162 g/mol. The molecule has 0 fully saturated rings. The van der Waals surface area contributed by atoms with Crippen molar-refractivity contribution in [1.82, 2.24) is 0 Å². The van der Waals surface area contributed by atoms with Crippen molar-refractivity contribution in [2.45, 2.75) is 19.9 Å². The summed E-state index contributed by atoms with van der Waals surface area (Å²) in [7, 11) is 0. The second kappa shape index (κ2) is 4.48. The lowest BCUT2D eigenvalue weighted by Gasteiger charge is -2.02. The van der Waals surface area contributed by atoms with Gasteiger partial charge in [-0.3, -0.25) is 0 Å². The van der Waals surface area contributed by atoms with Gasteiger partial charge in [0.15, 0.2) is 0 Å². The molecule has 6 heteroatoms. The quantitative estimate of drug-likeness (QED) is 0.367. The predicted octanol–water partition coefficient (Wildman–Crippen LogP) is 0.374. The molecule has 0 saturated carbocycles. The highest BCUT2D eigenvalue weighted by atomic mass is 16.7. The van der Waals surface area contributed by atoms with E-state index in [0.29, 0.717) is 0 Å². The maximum atomic E-state index is 10.6. The number of hydrogen-bond acceptors (Lipinski definition) is 4. The molecule has 0 bridgehead atoms. The molecule has 6 nitrogen and oxygen atoms in total. The molecule has 64 valence electrons. The van der Waals surface area contributed by atoms with Crippen molar-refractivity contribution in [3.8, 4) is 0 Å². The zero-order valence-electron chi connectivity index (χ0n) is 6.35. The fraction of sp³-hybridized carbons (Fsp3) is 0.800. The molecule has 0 rings (SSSR count). The lowest BCUT2D eigenvalue weighted by molar-refractivity contribution is -0.579. The lowest BCUT2D eigenvalue weighted by Crippen LogP contribution is -2.26. The van der Waals surface area contributed by atoms with Gasteiger partial charge in [0.05, 0.1) is 0 Å². The van der Waals surface area contributed by atoms with Crippen LogP contribution >= 0.6 is 0 Å². The van der Waals surface area contributed by atoms with Crippen LogP contribution in [0.5, 0.6) is 0 Å². The zero-order chi connectivity index (χ0) is 8.85. The minimum atomic E-state index is -1.23.